The molecule has 0 unspecified atom stereocenters. The standard InChI is InChI=1S/C20H23N5O5S/c1-12-4-9-16(13-5-7-14(8-6-13)31(22,29)30)25(11-12)20(28)19(27)24-18-15(17(21)26)3-2-10-23-18/h2-3,5-8,10,12,16H,4,9,11H2,1H3,(H2,21,26)(H2,22,29,30)(H,23,24,27)/t12-,16+/m1/s1. The number of hydrogen-bond acceptors (Lipinski definition) is 6. The molecule has 2 heterocycles. The molecule has 31 heavy (non-hydrogen) atoms. The minimum absolute atomic E-state index is 0.00852. The lowest BCUT2D eigenvalue weighted by atomic mass is 9.90. The van der Waals surface area contributed by atoms with E-state index in [1.54, 1.807) is 12.1 Å². The van der Waals surface area contributed by atoms with Crippen LogP contribution in [0.4, 0.5) is 5.82 Å². The Kier molecular flexibility index (Phi) is 6.37. The van der Waals surface area contributed by atoms with Crippen molar-refractivity contribution in [3.63, 3.8) is 0 Å². The van der Waals surface area contributed by atoms with Crippen LogP contribution in [0.15, 0.2) is 47.5 Å². The maximum Gasteiger partial charge on any atom is 0.315 e. The van der Waals surface area contributed by atoms with E-state index in [1.807, 2.05) is 6.92 Å². The largest absolute Gasteiger partial charge is 0.365 e. The summed E-state index contributed by atoms with van der Waals surface area (Å²) in [6.45, 7) is 2.32. The number of nitrogens with zero attached hydrogens (tertiary/aromatic N) is 2. The van der Waals surface area contributed by atoms with Gasteiger partial charge in [-0.2, -0.15) is 0 Å². The maximum atomic E-state index is 13.0. The SMILES string of the molecule is C[C@@H]1CC[C@@H](c2ccc(S(N)(=O)=O)cc2)N(C(=O)C(=O)Nc2ncccc2C(N)=O)C1. The molecule has 3 amide bonds. The van der Waals surface area contributed by atoms with E-state index in [2.05, 4.69) is 10.3 Å². The number of carbonyl (C=O) groups excluding carboxylic acids is 3. The molecule has 1 aromatic carbocycles. The van der Waals surface area contributed by atoms with Crippen LogP contribution >= 0.6 is 0 Å². The first kappa shape index (κ1) is 22.4. The Morgan fingerprint density at radius 1 is 1.13 bits per heavy atom. The van der Waals surface area contributed by atoms with Gasteiger partial charge in [0.05, 0.1) is 16.5 Å². The second-order valence-corrected chi connectivity index (χ2v) is 9.05. The summed E-state index contributed by atoms with van der Waals surface area (Å²) in [5.41, 5.74) is 5.97. The quantitative estimate of drug-likeness (QED) is 0.588. The van der Waals surface area contributed by atoms with Gasteiger partial charge in [0.25, 0.3) is 5.91 Å². The predicted molar refractivity (Wildman–Crippen MR) is 112 cm³/mol. The molecule has 164 valence electrons. The van der Waals surface area contributed by atoms with Gasteiger partial charge in [-0.25, -0.2) is 18.5 Å². The van der Waals surface area contributed by atoms with E-state index < -0.39 is 33.8 Å². The van der Waals surface area contributed by atoms with Crippen molar-refractivity contribution in [3.8, 4) is 0 Å². The second kappa shape index (κ2) is 8.82. The van der Waals surface area contributed by atoms with E-state index >= 15 is 0 Å². The maximum absolute atomic E-state index is 13.0. The molecule has 0 saturated carbocycles. The van der Waals surface area contributed by atoms with Gasteiger partial charge in [-0.05, 0) is 48.6 Å². The third-order valence-corrected chi connectivity index (χ3v) is 6.10. The van der Waals surface area contributed by atoms with Crippen molar-refractivity contribution < 1.29 is 22.8 Å². The normalized spacial score (nSPS) is 19.0. The topological polar surface area (TPSA) is 166 Å². The van der Waals surface area contributed by atoms with Crippen LogP contribution in [-0.2, 0) is 19.6 Å². The summed E-state index contributed by atoms with van der Waals surface area (Å²) in [5, 5.41) is 7.51. The molecule has 2 aromatic rings. The van der Waals surface area contributed by atoms with Gasteiger partial charge >= 0.3 is 11.8 Å². The molecule has 11 heteroatoms. The van der Waals surface area contributed by atoms with Crippen LogP contribution in [0.2, 0.25) is 0 Å². The number of sulfonamides is 1. The average molecular weight is 446 g/mol. The van der Waals surface area contributed by atoms with Crippen LogP contribution in [0.3, 0.4) is 0 Å². The van der Waals surface area contributed by atoms with E-state index in [1.165, 1.54) is 35.4 Å². The summed E-state index contributed by atoms with van der Waals surface area (Å²) in [4.78, 5) is 42.5. The van der Waals surface area contributed by atoms with E-state index in [0.29, 0.717) is 18.5 Å². The summed E-state index contributed by atoms with van der Waals surface area (Å²) >= 11 is 0. The number of piperidine rings is 1. The number of amides is 3. The number of primary amides is 1. The van der Waals surface area contributed by atoms with Gasteiger partial charge in [-0.1, -0.05) is 19.1 Å². The van der Waals surface area contributed by atoms with Crippen LogP contribution in [0.25, 0.3) is 0 Å². The minimum Gasteiger partial charge on any atom is -0.365 e. The number of nitrogens with two attached hydrogens (primary N) is 2. The van der Waals surface area contributed by atoms with Crippen LogP contribution in [0.1, 0.15) is 41.7 Å². The Morgan fingerprint density at radius 2 is 1.81 bits per heavy atom. The minimum atomic E-state index is -3.84. The Balaban J connectivity index is 1.84. The van der Waals surface area contributed by atoms with Gasteiger partial charge in [-0.3, -0.25) is 14.4 Å². The Labute approximate surface area is 179 Å². The van der Waals surface area contributed by atoms with E-state index in [9.17, 15) is 22.8 Å². The monoisotopic (exact) mass is 445 g/mol. The van der Waals surface area contributed by atoms with Crippen LogP contribution in [-0.4, -0.2) is 42.6 Å². The molecule has 0 bridgehead atoms. The number of pyridine rings is 1. The van der Waals surface area contributed by atoms with Gasteiger partial charge in [0.2, 0.25) is 10.0 Å². The number of primary sulfonamides is 1. The van der Waals surface area contributed by atoms with Crippen molar-refractivity contribution in [1.29, 1.82) is 0 Å². The lowest BCUT2D eigenvalue weighted by Gasteiger charge is -2.38. The van der Waals surface area contributed by atoms with Crippen molar-refractivity contribution in [2.24, 2.45) is 16.8 Å². The number of carbonyl (C=O) groups is 3. The van der Waals surface area contributed by atoms with E-state index in [0.717, 1.165) is 6.42 Å². The molecule has 0 spiro atoms. The molecule has 1 aromatic heterocycles. The van der Waals surface area contributed by atoms with Crippen molar-refractivity contribution in [2.75, 3.05) is 11.9 Å². The Bertz CT molecular complexity index is 1120. The molecule has 1 fully saturated rings. The van der Waals surface area contributed by atoms with Crippen molar-refractivity contribution in [3.05, 3.63) is 53.7 Å². The molecule has 0 aliphatic carbocycles. The second-order valence-electron chi connectivity index (χ2n) is 7.49. The molecule has 1 saturated heterocycles. The lowest BCUT2D eigenvalue weighted by Crippen LogP contribution is -2.46. The third kappa shape index (κ3) is 5.06. The lowest BCUT2D eigenvalue weighted by molar-refractivity contribution is -0.146. The number of likely N-dealkylation sites (tertiary alicyclic amines) is 1. The number of hydrogen-bond donors (Lipinski definition) is 3. The Hall–Kier alpha value is -3.31. The molecule has 0 radical (unpaired) electrons. The van der Waals surface area contributed by atoms with Gasteiger partial charge in [0, 0.05) is 12.7 Å². The van der Waals surface area contributed by atoms with Gasteiger partial charge in [0.1, 0.15) is 5.82 Å². The third-order valence-electron chi connectivity index (χ3n) is 5.17. The van der Waals surface area contributed by atoms with Crippen LogP contribution in [0.5, 0.6) is 0 Å². The highest BCUT2D eigenvalue weighted by Gasteiger charge is 2.34. The van der Waals surface area contributed by atoms with Crippen LogP contribution < -0.4 is 16.2 Å². The average Bonchev–Trinajstić information content (AvgIpc) is 2.73. The van der Waals surface area contributed by atoms with Crippen LogP contribution in [0, 0.1) is 5.92 Å². The number of nitrogens with one attached hydrogen (secondary N) is 1. The molecule has 10 nitrogen and oxygen atoms in total. The molecule has 5 N–H and O–H groups in total. The van der Waals surface area contributed by atoms with Gasteiger partial charge in [0.15, 0.2) is 0 Å². The highest BCUT2D eigenvalue weighted by atomic mass is 32.2. The predicted octanol–water partition coefficient (Wildman–Crippen LogP) is 0.766. The summed E-state index contributed by atoms with van der Waals surface area (Å²) < 4.78 is 23.0. The first-order valence-corrected chi connectivity index (χ1v) is 11.1. The number of rotatable bonds is 4. The van der Waals surface area contributed by atoms with Gasteiger partial charge < -0.3 is 16.0 Å². The fourth-order valence-corrected chi connectivity index (χ4v) is 4.11. The smallest absolute Gasteiger partial charge is 0.315 e. The number of anilines is 1. The Morgan fingerprint density at radius 3 is 2.42 bits per heavy atom. The van der Waals surface area contributed by atoms with Crippen molar-refractivity contribution >= 4 is 33.6 Å². The first-order chi connectivity index (χ1) is 14.6. The summed E-state index contributed by atoms with van der Waals surface area (Å²) in [5.74, 6) is -2.43. The van der Waals surface area contributed by atoms with E-state index in [4.69, 9.17) is 10.9 Å². The fraction of sp³-hybridized carbons (Fsp3) is 0.300. The molecule has 3 rings (SSSR count). The number of benzene rings is 1. The highest BCUT2D eigenvalue weighted by molar-refractivity contribution is 7.89. The zero-order valence-corrected chi connectivity index (χ0v) is 17.6. The first-order valence-electron chi connectivity index (χ1n) is 9.57. The zero-order valence-electron chi connectivity index (χ0n) is 16.8. The number of aromatic nitrogens is 1. The van der Waals surface area contributed by atoms with E-state index in [-0.39, 0.29) is 22.2 Å². The molecular formula is C20H23N5O5S. The molecule has 2 atom stereocenters. The fourth-order valence-electron chi connectivity index (χ4n) is 3.60. The summed E-state index contributed by atoms with van der Waals surface area (Å²) in [6, 6.07) is 8.39. The molecule has 1 aliphatic heterocycles. The summed E-state index contributed by atoms with van der Waals surface area (Å²) in [6.07, 6.45) is 2.80. The highest BCUT2D eigenvalue weighted by Crippen LogP contribution is 2.34. The van der Waals surface area contributed by atoms with Crippen molar-refractivity contribution in [2.45, 2.75) is 30.7 Å². The summed E-state index contributed by atoms with van der Waals surface area (Å²) in [7, 11) is -3.84. The van der Waals surface area contributed by atoms with Crippen molar-refractivity contribution in [1.82, 2.24) is 9.88 Å². The zero-order chi connectivity index (χ0) is 22.8. The molecule has 1 aliphatic rings. The van der Waals surface area contributed by atoms with Gasteiger partial charge in [-0.15, -0.1) is 0 Å². The molecular weight excluding hydrogens is 422 g/mol.